The molecule has 0 aliphatic carbocycles. The first-order valence-corrected chi connectivity index (χ1v) is 4.82. The van der Waals surface area contributed by atoms with Gasteiger partial charge in [-0.3, -0.25) is 4.79 Å². The van der Waals surface area contributed by atoms with Gasteiger partial charge in [0.25, 0.3) is 11.9 Å². The van der Waals surface area contributed by atoms with E-state index in [0.717, 1.165) is 4.68 Å². The highest BCUT2D eigenvalue weighted by atomic mass is 19.2. The highest BCUT2D eigenvalue weighted by Crippen LogP contribution is 2.13. The molecule has 2 heterocycles. The predicted molar refractivity (Wildman–Crippen MR) is 54.6 cm³/mol. The highest BCUT2D eigenvalue weighted by molar-refractivity contribution is 5.91. The second kappa shape index (κ2) is 4.47. The van der Waals surface area contributed by atoms with Crippen LogP contribution in [-0.4, -0.2) is 27.7 Å². The van der Waals surface area contributed by atoms with E-state index in [-0.39, 0.29) is 5.69 Å². The summed E-state index contributed by atoms with van der Waals surface area (Å²) in [7, 11) is 1.40. The van der Waals surface area contributed by atoms with E-state index in [1.807, 2.05) is 0 Å². The summed E-state index contributed by atoms with van der Waals surface area (Å²) in [5, 5.41) is 6.01. The number of hydrogen-bond acceptors (Lipinski definition) is 3. The molecule has 0 aliphatic heterocycles. The molecule has 2 aromatic heterocycles. The van der Waals surface area contributed by atoms with E-state index < -0.39 is 29.3 Å². The van der Waals surface area contributed by atoms with Crippen molar-refractivity contribution in [2.24, 2.45) is 0 Å². The Labute approximate surface area is 99.3 Å². The van der Waals surface area contributed by atoms with Crippen LogP contribution in [0, 0.1) is 17.6 Å². The molecule has 0 aliphatic rings. The number of carbonyl (C=O) groups is 1. The number of nitrogens with zero attached hydrogens (tertiary/aromatic N) is 3. The molecule has 0 saturated carbocycles. The molecule has 0 aromatic carbocycles. The lowest BCUT2D eigenvalue weighted by molar-refractivity contribution is 0.0957. The number of pyridine rings is 1. The van der Waals surface area contributed by atoms with E-state index in [1.165, 1.54) is 19.3 Å². The maximum Gasteiger partial charge on any atom is 0.271 e. The third-order valence-corrected chi connectivity index (χ3v) is 2.13. The highest BCUT2D eigenvalue weighted by Gasteiger charge is 2.15. The van der Waals surface area contributed by atoms with Gasteiger partial charge in [-0.15, -0.1) is 0 Å². The van der Waals surface area contributed by atoms with Crippen LogP contribution in [0.25, 0.3) is 5.82 Å². The molecule has 0 spiro atoms. The van der Waals surface area contributed by atoms with Gasteiger partial charge in [0.15, 0.2) is 23.1 Å². The number of carbonyl (C=O) groups excluding carboxylic acids is 1. The first-order valence-electron chi connectivity index (χ1n) is 4.82. The number of halogens is 3. The van der Waals surface area contributed by atoms with Crippen molar-refractivity contribution in [3.8, 4) is 5.82 Å². The van der Waals surface area contributed by atoms with Crippen LogP contribution in [0.15, 0.2) is 18.3 Å². The van der Waals surface area contributed by atoms with Gasteiger partial charge in [-0.25, -0.2) is 13.5 Å². The summed E-state index contributed by atoms with van der Waals surface area (Å²) in [4.78, 5) is 14.3. The molecule has 0 radical (unpaired) electrons. The Bertz CT molecular complexity index is 611. The molecule has 0 fully saturated rings. The maximum absolute atomic E-state index is 13.4. The Morgan fingerprint density at radius 2 is 2.06 bits per heavy atom. The monoisotopic (exact) mass is 256 g/mol. The predicted octanol–water partition coefficient (Wildman–Crippen LogP) is 1.04. The van der Waals surface area contributed by atoms with E-state index >= 15 is 0 Å². The molecule has 0 unspecified atom stereocenters. The van der Waals surface area contributed by atoms with Crippen LogP contribution in [0.4, 0.5) is 13.2 Å². The maximum atomic E-state index is 13.4. The normalized spacial score (nSPS) is 10.4. The topological polar surface area (TPSA) is 59.8 Å². The van der Waals surface area contributed by atoms with Crippen molar-refractivity contribution >= 4 is 5.91 Å². The van der Waals surface area contributed by atoms with E-state index in [2.05, 4.69) is 15.4 Å². The first-order chi connectivity index (χ1) is 8.52. The van der Waals surface area contributed by atoms with E-state index in [9.17, 15) is 18.0 Å². The van der Waals surface area contributed by atoms with Crippen LogP contribution < -0.4 is 5.32 Å². The molecule has 18 heavy (non-hydrogen) atoms. The Morgan fingerprint density at radius 1 is 1.33 bits per heavy atom. The SMILES string of the molecule is CNC(=O)c1ccn(-c2nc(F)c(F)cc2F)n1. The fourth-order valence-corrected chi connectivity index (χ4v) is 1.29. The smallest absolute Gasteiger partial charge is 0.271 e. The van der Waals surface area contributed by atoms with Crippen LogP contribution in [0.5, 0.6) is 0 Å². The molecule has 0 saturated heterocycles. The van der Waals surface area contributed by atoms with Crippen LogP contribution in [0.2, 0.25) is 0 Å². The van der Waals surface area contributed by atoms with Crippen LogP contribution in [0.1, 0.15) is 10.5 Å². The summed E-state index contributed by atoms with van der Waals surface area (Å²) < 4.78 is 39.8. The minimum atomic E-state index is -1.44. The van der Waals surface area contributed by atoms with Crippen molar-refractivity contribution in [1.29, 1.82) is 0 Å². The fraction of sp³-hybridized carbons (Fsp3) is 0.100. The summed E-state index contributed by atoms with van der Waals surface area (Å²) >= 11 is 0. The molecular formula is C10H7F3N4O. The zero-order chi connectivity index (χ0) is 13.3. The second-order valence-electron chi connectivity index (χ2n) is 3.29. The summed E-state index contributed by atoms with van der Waals surface area (Å²) in [5.41, 5.74) is 0.00318. The summed E-state index contributed by atoms with van der Waals surface area (Å²) in [6, 6.07) is 1.65. The molecule has 2 rings (SSSR count). The molecule has 0 bridgehead atoms. The number of amides is 1. The van der Waals surface area contributed by atoms with Crippen molar-refractivity contribution in [1.82, 2.24) is 20.1 Å². The van der Waals surface area contributed by atoms with Gasteiger partial charge in [-0.1, -0.05) is 0 Å². The molecule has 1 amide bonds. The minimum absolute atomic E-state index is 0.00318. The van der Waals surface area contributed by atoms with Crippen molar-refractivity contribution in [3.05, 3.63) is 41.6 Å². The summed E-state index contributed by atoms with van der Waals surface area (Å²) in [6.45, 7) is 0. The Balaban J connectivity index is 2.46. The Morgan fingerprint density at radius 3 is 2.72 bits per heavy atom. The molecule has 0 atom stereocenters. The molecule has 94 valence electrons. The second-order valence-corrected chi connectivity index (χ2v) is 3.29. The third-order valence-electron chi connectivity index (χ3n) is 2.13. The standard InChI is InChI=1S/C10H7F3N4O/c1-14-10(18)7-2-3-17(16-7)9-6(12)4-5(11)8(13)15-9/h2-4H,1H3,(H,14,18). The van der Waals surface area contributed by atoms with Gasteiger partial charge in [0.1, 0.15) is 0 Å². The summed E-state index contributed by atoms with van der Waals surface area (Å²) in [6.07, 6.45) is 1.22. The first kappa shape index (κ1) is 12.1. The number of hydrogen-bond donors (Lipinski definition) is 1. The lowest BCUT2D eigenvalue weighted by atomic mass is 10.4. The molecule has 2 aromatic rings. The quantitative estimate of drug-likeness (QED) is 0.817. The van der Waals surface area contributed by atoms with E-state index in [1.54, 1.807) is 0 Å². The van der Waals surface area contributed by atoms with E-state index in [4.69, 9.17) is 0 Å². The average Bonchev–Trinajstić information content (AvgIpc) is 2.82. The van der Waals surface area contributed by atoms with Crippen LogP contribution >= 0.6 is 0 Å². The van der Waals surface area contributed by atoms with Gasteiger partial charge in [0.2, 0.25) is 0 Å². The van der Waals surface area contributed by atoms with Gasteiger partial charge >= 0.3 is 0 Å². The van der Waals surface area contributed by atoms with Crippen molar-refractivity contribution < 1.29 is 18.0 Å². The third kappa shape index (κ3) is 2.04. The molecule has 1 N–H and O–H groups in total. The number of rotatable bonds is 2. The zero-order valence-corrected chi connectivity index (χ0v) is 9.12. The van der Waals surface area contributed by atoms with Gasteiger partial charge in [0.05, 0.1) is 0 Å². The largest absolute Gasteiger partial charge is 0.354 e. The molecular weight excluding hydrogens is 249 g/mol. The van der Waals surface area contributed by atoms with Crippen molar-refractivity contribution in [3.63, 3.8) is 0 Å². The van der Waals surface area contributed by atoms with Crippen LogP contribution in [0.3, 0.4) is 0 Å². The van der Waals surface area contributed by atoms with Crippen molar-refractivity contribution in [2.75, 3.05) is 7.05 Å². The fourth-order valence-electron chi connectivity index (χ4n) is 1.29. The lowest BCUT2D eigenvalue weighted by Crippen LogP contribution is -2.18. The minimum Gasteiger partial charge on any atom is -0.354 e. The lowest BCUT2D eigenvalue weighted by Gasteiger charge is -2.02. The van der Waals surface area contributed by atoms with Gasteiger partial charge in [-0.2, -0.15) is 14.5 Å². The molecule has 5 nitrogen and oxygen atoms in total. The Kier molecular flexibility index (Phi) is 3.00. The van der Waals surface area contributed by atoms with E-state index in [0.29, 0.717) is 6.07 Å². The zero-order valence-electron chi connectivity index (χ0n) is 9.12. The van der Waals surface area contributed by atoms with Gasteiger partial charge < -0.3 is 5.32 Å². The van der Waals surface area contributed by atoms with Gasteiger partial charge in [-0.05, 0) is 6.07 Å². The average molecular weight is 256 g/mol. The van der Waals surface area contributed by atoms with Crippen molar-refractivity contribution in [2.45, 2.75) is 0 Å². The van der Waals surface area contributed by atoms with Crippen LogP contribution in [-0.2, 0) is 0 Å². The molecule has 8 heteroatoms. The number of aromatic nitrogens is 3. The summed E-state index contributed by atoms with van der Waals surface area (Å²) in [5.74, 6) is -4.93. The van der Waals surface area contributed by atoms with Gasteiger partial charge in [0, 0.05) is 19.3 Å². The Hall–Kier alpha value is -2.38. The number of nitrogens with one attached hydrogen (secondary N) is 1.